The van der Waals surface area contributed by atoms with E-state index >= 15 is 0 Å². The Morgan fingerprint density at radius 1 is 1.19 bits per heavy atom. The molecule has 27 heavy (non-hydrogen) atoms. The SMILES string of the molecule is O=C(Nc1cccc(OC(F)(F)F)c1)[C@@H]1C2CC[C@H](O2)[C@H]1c1ccncc1.[HH]. The van der Waals surface area contributed by atoms with Crippen LogP contribution in [0.5, 0.6) is 5.75 Å². The molecule has 3 heterocycles. The lowest BCUT2D eigenvalue weighted by Gasteiger charge is -2.27. The van der Waals surface area contributed by atoms with Gasteiger partial charge in [0, 0.05) is 31.5 Å². The van der Waals surface area contributed by atoms with Gasteiger partial charge in [-0.05, 0) is 42.7 Å². The Balaban J connectivity index is 0.00000225. The second-order valence-corrected chi connectivity index (χ2v) is 6.69. The highest BCUT2D eigenvalue weighted by Crippen LogP contribution is 2.49. The fraction of sp³-hybridized carbons (Fsp3) is 0.368. The van der Waals surface area contributed by atoms with Gasteiger partial charge in [-0.15, -0.1) is 13.2 Å². The zero-order valence-corrected chi connectivity index (χ0v) is 14.1. The number of amides is 1. The van der Waals surface area contributed by atoms with Gasteiger partial charge in [-0.1, -0.05) is 6.07 Å². The number of hydrogen-bond acceptors (Lipinski definition) is 4. The molecule has 0 aliphatic carbocycles. The van der Waals surface area contributed by atoms with E-state index < -0.39 is 12.3 Å². The summed E-state index contributed by atoms with van der Waals surface area (Å²) in [6.07, 6.45) is 0.0179. The monoisotopic (exact) mass is 380 g/mol. The van der Waals surface area contributed by atoms with Crippen molar-refractivity contribution in [1.29, 1.82) is 0 Å². The van der Waals surface area contributed by atoms with E-state index in [1.165, 1.54) is 18.2 Å². The van der Waals surface area contributed by atoms with Crippen LogP contribution in [0.25, 0.3) is 0 Å². The number of ether oxygens (including phenoxy) is 2. The Kier molecular flexibility index (Phi) is 4.51. The summed E-state index contributed by atoms with van der Waals surface area (Å²) in [5, 5.41) is 2.71. The Hall–Kier alpha value is -2.61. The van der Waals surface area contributed by atoms with Crippen molar-refractivity contribution in [2.24, 2.45) is 5.92 Å². The van der Waals surface area contributed by atoms with E-state index in [0.29, 0.717) is 0 Å². The van der Waals surface area contributed by atoms with E-state index in [1.807, 2.05) is 12.1 Å². The van der Waals surface area contributed by atoms with Gasteiger partial charge in [0.05, 0.1) is 18.1 Å². The molecule has 1 aromatic heterocycles. The van der Waals surface area contributed by atoms with Crippen LogP contribution in [-0.4, -0.2) is 29.5 Å². The molecule has 2 saturated heterocycles. The molecule has 4 rings (SSSR count). The van der Waals surface area contributed by atoms with Crippen molar-refractivity contribution in [2.45, 2.75) is 37.3 Å². The molecule has 0 spiro atoms. The fourth-order valence-corrected chi connectivity index (χ4v) is 4.02. The molecule has 1 aromatic carbocycles. The van der Waals surface area contributed by atoms with Gasteiger partial charge in [0.15, 0.2) is 0 Å². The molecule has 2 aliphatic heterocycles. The van der Waals surface area contributed by atoms with Gasteiger partial charge in [-0.25, -0.2) is 0 Å². The number of pyridine rings is 1. The average molecular weight is 380 g/mol. The lowest BCUT2D eigenvalue weighted by molar-refractivity contribution is -0.274. The lowest BCUT2D eigenvalue weighted by atomic mass is 9.75. The summed E-state index contributed by atoms with van der Waals surface area (Å²) >= 11 is 0. The van der Waals surface area contributed by atoms with Gasteiger partial charge in [-0.3, -0.25) is 9.78 Å². The number of carbonyl (C=O) groups excluding carboxylic acids is 1. The van der Waals surface area contributed by atoms with E-state index in [1.54, 1.807) is 12.4 Å². The minimum absolute atomic E-state index is 0. The smallest absolute Gasteiger partial charge is 0.406 e. The molecule has 4 atom stereocenters. The number of fused-ring (bicyclic) bond motifs is 2. The molecule has 1 N–H and O–H groups in total. The molecule has 0 radical (unpaired) electrons. The van der Waals surface area contributed by atoms with Crippen LogP contribution in [0.4, 0.5) is 18.9 Å². The summed E-state index contributed by atoms with van der Waals surface area (Å²) in [6, 6.07) is 9.00. The van der Waals surface area contributed by atoms with Crippen LogP contribution in [0.2, 0.25) is 0 Å². The third kappa shape index (κ3) is 3.75. The molecule has 2 bridgehead atoms. The van der Waals surface area contributed by atoms with Crippen LogP contribution in [0.1, 0.15) is 25.7 Å². The number of rotatable bonds is 4. The van der Waals surface area contributed by atoms with Crippen LogP contribution in [-0.2, 0) is 9.53 Å². The summed E-state index contributed by atoms with van der Waals surface area (Å²) in [4.78, 5) is 16.9. The van der Waals surface area contributed by atoms with Crippen molar-refractivity contribution >= 4 is 11.6 Å². The maximum absolute atomic E-state index is 12.9. The minimum Gasteiger partial charge on any atom is -0.406 e. The van der Waals surface area contributed by atoms with Crippen molar-refractivity contribution in [3.63, 3.8) is 0 Å². The van der Waals surface area contributed by atoms with E-state index in [2.05, 4.69) is 15.0 Å². The van der Waals surface area contributed by atoms with Crippen molar-refractivity contribution in [2.75, 3.05) is 5.32 Å². The second-order valence-electron chi connectivity index (χ2n) is 6.69. The topological polar surface area (TPSA) is 60.5 Å². The Bertz CT molecular complexity index is 835. The van der Waals surface area contributed by atoms with Crippen molar-refractivity contribution in [3.8, 4) is 5.75 Å². The number of aromatic nitrogens is 1. The number of nitrogens with zero attached hydrogens (tertiary/aromatic N) is 1. The summed E-state index contributed by atoms with van der Waals surface area (Å²) in [5.41, 5.74) is 1.23. The van der Waals surface area contributed by atoms with Crippen LogP contribution < -0.4 is 10.1 Å². The maximum Gasteiger partial charge on any atom is 0.573 e. The standard InChI is InChI=1S/C19H17F3N2O3.H2/c20-19(21,22)27-13-3-1-2-12(10-13)24-18(25)17-15-5-4-14(26-15)16(17)11-6-8-23-9-7-11;/h1-3,6-10,14-17H,4-5H2,(H,24,25);1H/t14-,15?,16+,17+;/m0./s1. The largest absolute Gasteiger partial charge is 0.573 e. The third-order valence-corrected chi connectivity index (χ3v) is 5.00. The highest BCUT2D eigenvalue weighted by atomic mass is 19.4. The number of halogens is 3. The van der Waals surface area contributed by atoms with Gasteiger partial charge in [0.25, 0.3) is 0 Å². The molecular formula is C19H19F3N2O3. The summed E-state index contributed by atoms with van der Waals surface area (Å²) in [7, 11) is 0. The van der Waals surface area contributed by atoms with Crippen LogP contribution in [0.15, 0.2) is 48.8 Å². The average Bonchev–Trinajstić information content (AvgIpc) is 3.22. The van der Waals surface area contributed by atoms with Crippen molar-refractivity contribution in [3.05, 3.63) is 54.4 Å². The first kappa shape index (κ1) is 17.8. The maximum atomic E-state index is 12.9. The van der Waals surface area contributed by atoms with E-state index in [-0.39, 0.29) is 36.9 Å². The molecule has 5 nitrogen and oxygen atoms in total. The number of anilines is 1. The normalized spacial score (nSPS) is 26.8. The first-order valence-corrected chi connectivity index (χ1v) is 8.63. The predicted octanol–water partition coefficient (Wildman–Crippen LogP) is 4.13. The first-order chi connectivity index (χ1) is 12.9. The number of alkyl halides is 3. The molecule has 144 valence electrons. The minimum atomic E-state index is -4.78. The summed E-state index contributed by atoms with van der Waals surface area (Å²) in [5.74, 6) is -1.15. The van der Waals surface area contributed by atoms with Crippen molar-refractivity contribution < 1.29 is 28.9 Å². The quantitative estimate of drug-likeness (QED) is 0.867. The molecular weight excluding hydrogens is 361 g/mol. The fourth-order valence-electron chi connectivity index (χ4n) is 4.02. The van der Waals surface area contributed by atoms with E-state index in [9.17, 15) is 18.0 Å². The van der Waals surface area contributed by atoms with Crippen LogP contribution >= 0.6 is 0 Å². The van der Waals surface area contributed by atoms with E-state index in [0.717, 1.165) is 24.5 Å². The van der Waals surface area contributed by atoms with Gasteiger partial charge in [-0.2, -0.15) is 0 Å². The predicted molar refractivity (Wildman–Crippen MR) is 92.2 cm³/mol. The van der Waals surface area contributed by atoms with Gasteiger partial charge in [0.2, 0.25) is 5.91 Å². The zero-order chi connectivity index (χ0) is 19.0. The molecule has 2 aliphatic rings. The third-order valence-electron chi connectivity index (χ3n) is 5.00. The molecule has 2 aromatic rings. The van der Waals surface area contributed by atoms with Gasteiger partial charge < -0.3 is 14.8 Å². The Morgan fingerprint density at radius 3 is 2.67 bits per heavy atom. The number of hydrogen-bond donors (Lipinski definition) is 1. The number of benzene rings is 1. The highest BCUT2D eigenvalue weighted by Gasteiger charge is 2.52. The molecule has 1 unspecified atom stereocenters. The second kappa shape index (κ2) is 6.84. The van der Waals surface area contributed by atoms with Crippen molar-refractivity contribution in [1.82, 2.24) is 4.98 Å². The van der Waals surface area contributed by atoms with E-state index in [4.69, 9.17) is 4.74 Å². The molecule has 2 fully saturated rings. The number of carbonyl (C=O) groups is 1. The first-order valence-electron chi connectivity index (χ1n) is 8.63. The Labute approximate surface area is 155 Å². The van der Waals surface area contributed by atoms with Gasteiger partial charge >= 0.3 is 6.36 Å². The molecule has 1 amide bonds. The number of nitrogens with one attached hydrogen (secondary N) is 1. The zero-order valence-electron chi connectivity index (χ0n) is 14.1. The van der Waals surface area contributed by atoms with Crippen LogP contribution in [0, 0.1) is 5.92 Å². The summed E-state index contributed by atoms with van der Waals surface area (Å²) < 4.78 is 47.0. The Morgan fingerprint density at radius 2 is 1.93 bits per heavy atom. The molecule has 0 saturated carbocycles. The van der Waals surface area contributed by atoms with Gasteiger partial charge in [0.1, 0.15) is 5.75 Å². The molecule has 8 heteroatoms. The lowest BCUT2D eigenvalue weighted by Crippen LogP contribution is -2.36. The van der Waals surface area contributed by atoms with Crippen LogP contribution in [0.3, 0.4) is 0 Å². The summed E-state index contributed by atoms with van der Waals surface area (Å²) in [6.45, 7) is 0. The highest BCUT2D eigenvalue weighted by molar-refractivity contribution is 5.94.